The van der Waals surface area contributed by atoms with Crippen molar-refractivity contribution in [2.45, 2.75) is 65.0 Å². The van der Waals surface area contributed by atoms with E-state index in [4.69, 9.17) is 5.26 Å². The van der Waals surface area contributed by atoms with Gasteiger partial charge < -0.3 is 0 Å². The molecule has 1 aliphatic rings. The van der Waals surface area contributed by atoms with Crippen molar-refractivity contribution in [3.8, 4) is 6.07 Å². The highest BCUT2D eigenvalue weighted by Gasteiger charge is 2.32. The third-order valence-electron chi connectivity index (χ3n) is 4.09. The Morgan fingerprint density at radius 3 is 2.28 bits per heavy atom. The normalized spacial score (nSPS) is 22.4. The Labute approximate surface area is 107 Å². The lowest BCUT2D eigenvalue weighted by Gasteiger charge is -2.36. The molecule has 18 heavy (non-hydrogen) atoms. The van der Waals surface area contributed by atoms with Gasteiger partial charge in [-0.15, -0.1) is 0 Å². The van der Waals surface area contributed by atoms with E-state index in [9.17, 15) is 13.2 Å². The highest BCUT2D eigenvalue weighted by molar-refractivity contribution is 4.92. The van der Waals surface area contributed by atoms with Gasteiger partial charge in [0.15, 0.2) is 0 Å². The van der Waals surface area contributed by atoms with Gasteiger partial charge in [0.05, 0.1) is 6.07 Å². The van der Waals surface area contributed by atoms with Crippen molar-refractivity contribution in [2.24, 2.45) is 17.3 Å². The van der Waals surface area contributed by atoms with E-state index in [0.29, 0.717) is 17.8 Å². The highest BCUT2D eigenvalue weighted by atomic mass is 19.4. The molecule has 1 unspecified atom stereocenters. The summed E-state index contributed by atoms with van der Waals surface area (Å²) in [6.45, 7) is 4.43. The minimum atomic E-state index is -4.09. The molecule has 0 aromatic heterocycles. The number of hydrogen-bond acceptors (Lipinski definition) is 1. The van der Waals surface area contributed by atoms with Gasteiger partial charge in [0, 0.05) is 12.3 Å². The zero-order chi connectivity index (χ0) is 13.8. The van der Waals surface area contributed by atoms with Gasteiger partial charge in [0.1, 0.15) is 0 Å². The standard InChI is InChI=1S/C14H22F3N/c1-13(2)8-5-11(6-9-13)12(10-18)4-3-7-14(15,16)17/h11-12H,3-9H2,1-2H3. The molecule has 0 radical (unpaired) electrons. The fourth-order valence-electron chi connectivity index (χ4n) is 2.75. The van der Waals surface area contributed by atoms with Crippen LogP contribution in [-0.4, -0.2) is 6.18 Å². The molecule has 1 nitrogen and oxygen atoms in total. The summed E-state index contributed by atoms with van der Waals surface area (Å²) in [6, 6.07) is 2.22. The zero-order valence-electron chi connectivity index (χ0n) is 11.2. The van der Waals surface area contributed by atoms with Gasteiger partial charge in [0.25, 0.3) is 0 Å². The average molecular weight is 261 g/mol. The Morgan fingerprint density at radius 2 is 1.83 bits per heavy atom. The van der Waals surface area contributed by atoms with Gasteiger partial charge in [-0.05, 0) is 49.9 Å². The highest BCUT2D eigenvalue weighted by Crippen LogP contribution is 2.41. The van der Waals surface area contributed by atoms with Crippen LogP contribution in [0.3, 0.4) is 0 Å². The zero-order valence-corrected chi connectivity index (χ0v) is 11.2. The summed E-state index contributed by atoms with van der Waals surface area (Å²) in [5.74, 6) is 0.111. The van der Waals surface area contributed by atoms with E-state index in [-0.39, 0.29) is 12.3 Å². The van der Waals surface area contributed by atoms with E-state index in [1.54, 1.807) is 0 Å². The van der Waals surface area contributed by atoms with Crippen LogP contribution < -0.4 is 0 Å². The molecular weight excluding hydrogens is 239 g/mol. The van der Waals surface area contributed by atoms with Crippen molar-refractivity contribution < 1.29 is 13.2 Å². The van der Waals surface area contributed by atoms with Crippen molar-refractivity contribution >= 4 is 0 Å². The first-order chi connectivity index (χ1) is 8.23. The third-order valence-corrected chi connectivity index (χ3v) is 4.09. The number of nitrogens with zero attached hydrogens (tertiary/aromatic N) is 1. The quantitative estimate of drug-likeness (QED) is 0.692. The molecule has 4 heteroatoms. The molecule has 0 N–H and O–H groups in total. The predicted molar refractivity (Wildman–Crippen MR) is 64.7 cm³/mol. The molecule has 104 valence electrons. The second-order valence-corrected chi connectivity index (χ2v) is 6.24. The van der Waals surface area contributed by atoms with Gasteiger partial charge in [-0.1, -0.05) is 13.8 Å². The molecule has 1 saturated carbocycles. The summed E-state index contributed by atoms with van der Waals surface area (Å²) < 4.78 is 36.2. The molecular formula is C14H22F3N. The summed E-state index contributed by atoms with van der Waals surface area (Å²) in [4.78, 5) is 0. The monoisotopic (exact) mass is 261 g/mol. The number of rotatable bonds is 4. The molecule has 0 amide bonds. The van der Waals surface area contributed by atoms with Crippen molar-refractivity contribution in [2.75, 3.05) is 0 Å². The molecule has 1 aliphatic carbocycles. The van der Waals surface area contributed by atoms with Crippen molar-refractivity contribution in [3.63, 3.8) is 0 Å². The second-order valence-electron chi connectivity index (χ2n) is 6.24. The predicted octanol–water partition coefficient (Wildman–Crippen LogP) is 5.08. The molecule has 1 fully saturated rings. The van der Waals surface area contributed by atoms with Crippen LogP contribution >= 0.6 is 0 Å². The van der Waals surface area contributed by atoms with E-state index in [1.807, 2.05) is 0 Å². The van der Waals surface area contributed by atoms with E-state index in [0.717, 1.165) is 25.7 Å². The molecule has 0 spiro atoms. The summed E-state index contributed by atoms with van der Waals surface area (Å²) in [5.41, 5.74) is 0.336. The minimum Gasteiger partial charge on any atom is -0.198 e. The van der Waals surface area contributed by atoms with Crippen molar-refractivity contribution in [3.05, 3.63) is 0 Å². The molecule has 1 atom stereocenters. The Morgan fingerprint density at radius 1 is 1.28 bits per heavy atom. The largest absolute Gasteiger partial charge is 0.389 e. The summed E-state index contributed by atoms with van der Waals surface area (Å²) in [7, 11) is 0. The van der Waals surface area contributed by atoms with E-state index < -0.39 is 12.6 Å². The lowest BCUT2D eigenvalue weighted by atomic mass is 9.69. The maximum absolute atomic E-state index is 12.1. The smallest absolute Gasteiger partial charge is 0.198 e. The van der Waals surface area contributed by atoms with Crippen LogP contribution in [-0.2, 0) is 0 Å². The summed E-state index contributed by atoms with van der Waals surface area (Å²) in [6.07, 6.45) is -0.251. The summed E-state index contributed by atoms with van der Waals surface area (Å²) in [5, 5.41) is 9.11. The fourth-order valence-corrected chi connectivity index (χ4v) is 2.75. The van der Waals surface area contributed by atoms with Gasteiger partial charge in [-0.3, -0.25) is 0 Å². The topological polar surface area (TPSA) is 23.8 Å². The molecule has 0 bridgehead atoms. The molecule has 0 saturated heterocycles. The Hall–Kier alpha value is -0.720. The van der Waals surface area contributed by atoms with Gasteiger partial charge >= 0.3 is 6.18 Å². The Kier molecular flexibility index (Phi) is 5.07. The lowest BCUT2D eigenvalue weighted by Crippen LogP contribution is -2.25. The van der Waals surface area contributed by atoms with Crippen molar-refractivity contribution in [1.82, 2.24) is 0 Å². The van der Waals surface area contributed by atoms with Gasteiger partial charge in [0.2, 0.25) is 0 Å². The maximum atomic E-state index is 12.1. The van der Waals surface area contributed by atoms with Gasteiger partial charge in [-0.2, -0.15) is 18.4 Å². The van der Waals surface area contributed by atoms with E-state index in [2.05, 4.69) is 19.9 Å². The summed E-state index contributed by atoms with van der Waals surface area (Å²) >= 11 is 0. The van der Waals surface area contributed by atoms with E-state index >= 15 is 0 Å². The van der Waals surface area contributed by atoms with Crippen LogP contribution in [0.25, 0.3) is 0 Å². The Balaban J connectivity index is 2.37. The van der Waals surface area contributed by atoms with Crippen LogP contribution in [0.15, 0.2) is 0 Å². The SMILES string of the molecule is CC1(C)CCC(C(C#N)CCCC(F)(F)F)CC1. The number of halogens is 3. The third kappa shape index (κ3) is 5.29. The molecule has 1 rings (SSSR count). The average Bonchev–Trinajstić information content (AvgIpc) is 2.24. The minimum absolute atomic E-state index is 0.0849. The van der Waals surface area contributed by atoms with Crippen LogP contribution in [0, 0.1) is 28.6 Å². The van der Waals surface area contributed by atoms with Crippen molar-refractivity contribution in [1.29, 1.82) is 5.26 Å². The van der Waals surface area contributed by atoms with Crippen LogP contribution in [0.2, 0.25) is 0 Å². The van der Waals surface area contributed by atoms with Crippen LogP contribution in [0.5, 0.6) is 0 Å². The first kappa shape index (κ1) is 15.3. The van der Waals surface area contributed by atoms with Crippen LogP contribution in [0.4, 0.5) is 13.2 Å². The first-order valence-corrected chi connectivity index (χ1v) is 6.70. The number of nitriles is 1. The second kappa shape index (κ2) is 5.95. The first-order valence-electron chi connectivity index (χ1n) is 6.70. The molecule has 0 aliphatic heterocycles. The van der Waals surface area contributed by atoms with E-state index in [1.165, 1.54) is 0 Å². The lowest BCUT2D eigenvalue weighted by molar-refractivity contribution is -0.136. The van der Waals surface area contributed by atoms with Gasteiger partial charge in [-0.25, -0.2) is 0 Å². The molecule has 0 heterocycles. The number of alkyl halides is 3. The molecule has 0 aromatic carbocycles. The Bertz CT molecular complexity index is 291. The maximum Gasteiger partial charge on any atom is 0.389 e. The molecule has 0 aromatic rings. The number of hydrogen-bond donors (Lipinski definition) is 0. The van der Waals surface area contributed by atoms with Crippen LogP contribution in [0.1, 0.15) is 58.8 Å². The fraction of sp³-hybridized carbons (Fsp3) is 0.929.